The third kappa shape index (κ3) is 6.15. The summed E-state index contributed by atoms with van der Waals surface area (Å²) >= 11 is 0. The van der Waals surface area contributed by atoms with Gasteiger partial charge in [-0.25, -0.2) is 9.18 Å². The minimum atomic E-state index is -0.232. The smallest absolute Gasteiger partial charge is 0.317 e. The molecule has 1 N–H and O–H groups in total. The van der Waals surface area contributed by atoms with E-state index in [0.717, 1.165) is 51.3 Å². The van der Waals surface area contributed by atoms with Gasteiger partial charge in [0.05, 0.1) is 0 Å². The van der Waals surface area contributed by atoms with Crippen LogP contribution in [0.25, 0.3) is 0 Å². The molecule has 1 fully saturated rings. The van der Waals surface area contributed by atoms with E-state index < -0.39 is 0 Å². The number of likely N-dealkylation sites (N-methyl/N-ethyl adjacent to an activating group) is 1. The van der Waals surface area contributed by atoms with E-state index in [0.29, 0.717) is 6.54 Å². The Labute approximate surface area is 138 Å². The van der Waals surface area contributed by atoms with Gasteiger partial charge in [0.1, 0.15) is 5.82 Å². The number of nitrogens with one attached hydrogen (secondary N) is 1. The Hall–Kier alpha value is -1.66. The lowest BCUT2D eigenvalue weighted by atomic mass is 10.1. The second-order valence-corrected chi connectivity index (χ2v) is 6.24. The molecular formula is C17H27FN4O. The SMILES string of the molecule is CN(C)CCN1CCN(C(=O)NCCc2ccc(F)cc2)CC1. The standard InChI is InChI=1S/C17H27FN4O/c1-20(2)9-10-21-11-13-22(14-12-21)17(23)19-8-7-15-3-5-16(18)6-4-15/h3-6H,7-14H2,1-2H3,(H,19,23). The number of carbonyl (C=O) groups excluding carboxylic acids is 1. The summed E-state index contributed by atoms with van der Waals surface area (Å²) in [4.78, 5) is 18.6. The fourth-order valence-electron chi connectivity index (χ4n) is 2.59. The first kappa shape index (κ1) is 17.7. The van der Waals surface area contributed by atoms with Crippen LogP contribution in [0.3, 0.4) is 0 Å². The summed E-state index contributed by atoms with van der Waals surface area (Å²) in [5, 5.41) is 2.95. The van der Waals surface area contributed by atoms with Crippen LogP contribution < -0.4 is 5.32 Å². The van der Waals surface area contributed by atoms with Crippen molar-refractivity contribution >= 4 is 6.03 Å². The van der Waals surface area contributed by atoms with Crippen LogP contribution in [0, 0.1) is 5.82 Å². The van der Waals surface area contributed by atoms with Gasteiger partial charge in [0.15, 0.2) is 0 Å². The van der Waals surface area contributed by atoms with E-state index in [1.807, 2.05) is 4.90 Å². The number of hydrogen-bond acceptors (Lipinski definition) is 3. The van der Waals surface area contributed by atoms with Crippen molar-refractivity contribution in [1.29, 1.82) is 0 Å². The van der Waals surface area contributed by atoms with E-state index in [1.54, 1.807) is 12.1 Å². The number of rotatable bonds is 6. The van der Waals surface area contributed by atoms with Crippen molar-refractivity contribution in [3.8, 4) is 0 Å². The lowest BCUT2D eigenvalue weighted by molar-refractivity contribution is 0.133. The minimum absolute atomic E-state index is 0.000582. The molecule has 1 heterocycles. The maximum absolute atomic E-state index is 12.8. The van der Waals surface area contributed by atoms with Gasteiger partial charge in [-0.1, -0.05) is 12.1 Å². The van der Waals surface area contributed by atoms with Crippen LogP contribution >= 0.6 is 0 Å². The number of halogens is 1. The first-order chi connectivity index (χ1) is 11.0. The Bertz CT molecular complexity index is 484. The molecule has 0 aromatic heterocycles. The zero-order chi connectivity index (χ0) is 16.7. The minimum Gasteiger partial charge on any atom is -0.338 e. The summed E-state index contributed by atoms with van der Waals surface area (Å²) < 4.78 is 12.8. The molecule has 5 nitrogen and oxygen atoms in total. The van der Waals surface area contributed by atoms with E-state index >= 15 is 0 Å². The van der Waals surface area contributed by atoms with Gasteiger partial charge in [-0.2, -0.15) is 0 Å². The van der Waals surface area contributed by atoms with E-state index in [9.17, 15) is 9.18 Å². The van der Waals surface area contributed by atoms with Gasteiger partial charge >= 0.3 is 6.03 Å². The van der Waals surface area contributed by atoms with Crippen molar-refractivity contribution in [2.45, 2.75) is 6.42 Å². The molecular weight excluding hydrogens is 295 g/mol. The monoisotopic (exact) mass is 322 g/mol. The summed E-state index contributed by atoms with van der Waals surface area (Å²) in [5.74, 6) is -0.232. The zero-order valence-corrected chi connectivity index (χ0v) is 14.1. The second kappa shape index (κ2) is 8.84. The molecule has 0 atom stereocenters. The fourth-order valence-corrected chi connectivity index (χ4v) is 2.59. The van der Waals surface area contributed by atoms with E-state index in [2.05, 4.69) is 29.2 Å². The molecule has 0 unspecified atom stereocenters. The maximum Gasteiger partial charge on any atom is 0.317 e. The van der Waals surface area contributed by atoms with Gasteiger partial charge in [0, 0.05) is 45.8 Å². The number of hydrogen-bond donors (Lipinski definition) is 1. The molecule has 1 aliphatic rings. The summed E-state index contributed by atoms with van der Waals surface area (Å²) in [6, 6.07) is 6.41. The molecule has 0 bridgehead atoms. The summed E-state index contributed by atoms with van der Waals surface area (Å²) in [7, 11) is 4.15. The molecule has 1 aliphatic heterocycles. The Balaban J connectivity index is 1.64. The number of urea groups is 1. The van der Waals surface area contributed by atoms with Gasteiger partial charge in [0.25, 0.3) is 0 Å². The predicted octanol–water partition coefficient (Wildman–Crippen LogP) is 1.26. The Morgan fingerprint density at radius 3 is 2.43 bits per heavy atom. The number of benzene rings is 1. The van der Waals surface area contributed by atoms with Crippen LogP contribution in [0.5, 0.6) is 0 Å². The van der Waals surface area contributed by atoms with Crippen molar-refractivity contribution in [1.82, 2.24) is 20.0 Å². The van der Waals surface area contributed by atoms with Crippen LogP contribution in [0.1, 0.15) is 5.56 Å². The molecule has 6 heteroatoms. The topological polar surface area (TPSA) is 38.8 Å². The Morgan fingerprint density at radius 1 is 1.17 bits per heavy atom. The van der Waals surface area contributed by atoms with Gasteiger partial charge in [-0.15, -0.1) is 0 Å². The van der Waals surface area contributed by atoms with Crippen molar-refractivity contribution in [2.24, 2.45) is 0 Å². The van der Waals surface area contributed by atoms with Crippen molar-refractivity contribution < 1.29 is 9.18 Å². The van der Waals surface area contributed by atoms with E-state index in [4.69, 9.17) is 0 Å². The molecule has 128 valence electrons. The highest BCUT2D eigenvalue weighted by Crippen LogP contribution is 2.04. The van der Waals surface area contributed by atoms with Gasteiger partial charge in [-0.3, -0.25) is 4.90 Å². The average molecular weight is 322 g/mol. The number of carbonyl (C=O) groups is 1. The molecule has 23 heavy (non-hydrogen) atoms. The van der Waals surface area contributed by atoms with Gasteiger partial charge in [-0.05, 0) is 38.2 Å². The highest BCUT2D eigenvalue weighted by atomic mass is 19.1. The van der Waals surface area contributed by atoms with Crippen molar-refractivity contribution in [3.05, 3.63) is 35.6 Å². The van der Waals surface area contributed by atoms with Crippen LogP contribution in [-0.2, 0) is 6.42 Å². The van der Waals surface area contributed by atoms with Crippen LogP contribution in [0.15, 0.2) is 24.3 Å². The van der Waals surface area contributed by atoms with Gasteiger partial charge in [0.2, 0.25) is 0 Å². The third-order valence-corrected chi connectivity index (χ3v) is 4.13. The Morgan fingerprint density at radius 2 is 1.83 bits per heavy atom. The molecule has 0 aliphatic carbocycles. The van der Waals surface area contributed by atoms with Gasteiger partial charge < -0.3 is 15.1 Å². The lowest BCUT2D eigenvalue weighted by Gasteiger charge is -2.35. The molecule has 1 aromatic rings. The maximum atomic E-state index is 12.8. The van der Waals surface area contributed by atoms with Crippen molar-refractivity contribution in [2.75, 3.05) is 59.9 Å². The molecule has 0 spiro atoms. The van der Waals surface area contributed by atoms with E-state index in [-0.39, 0.29) is 11.8 Å². The predicted molar refractivity (Wildman–Crippen MR) is 90.1 cm³/mol. The zero-order valence-electron chi connectivity index (χ0n) is 14.1. The van der Waals surface area contributed by atoms with Crippen molar-refractivity contribution in [3.63, 3.8) is 0 Å². The molecule has 2 rings (SSSR count). The molecule has 0 radical (unpaired) electrons. The van der Waals surface area contributed by atoms with E-state index in [1.165, 1.54) is 12.1 Å². The first-order valence-electron chi connectivity index (χ1n) is 8.19. The summed E-state index contributed by atoms with van der Waals surface area (Å²) in [5.41, 5.74) is 1.03. The first-order valence-corrected chi connectivity index (χ1v) is 8.19. The third-order valence-electron chi connectivity index (χ3n) is 4.13. The lowest BCUT2D eigenvalue weighted by Crippen LogP contribution is -2.52. The number of amides is 2. The summed E-state index contributed by atoms with van der Waals surface area (Å²) in [6.45, 7) is 6.08. The molecule has 1 aromatic carbocycles. The highest BCUT2D eigenvalue weighted by Gasteiger charge is 2.20. The number of nitrogens with zero attached hydrogens (tertiary/aromatic N) is 3. The average Bonchev–Trinajstić information content (AvgIpc) is 2.55. The normalized spacial score (nSPS) is 15.9. The van der Waals surface area contributed by atoms with Crippen LogP contribution in [0.4, 0.5) is 9.18 Å². The molecule has 1 saturated heterocycles. The van der Waals surface area contributed by atoms with Crippen LogP contribution in [0.2, 0.25) is 0 Å². The number of piperazine rings is 1. The largest absolute Gasteiger partial charge is 0.338 e. The second-order valence-electron chi connectivity index (χ2n) is 6.24. The van der Waals surface area contributed by atoms with Crippen LogP contribution in [-0.4, -0.2) is 80.6 Å². The molecule has 0 saturated carbocycles. The quantitative estimate of drug-likeness (QED) is 0.857. The Kier molecular flexibility index (Phi) is 6.80. The highest BCUT2D eigenvalue weighted by molar-refractivity contribution is 5.74. The summed E-state index contributed by atoms with van der Waals surface area (Å²) in [6.07, 6.45) is 0.717. The fraction of sp³-hybridized carbons (Fsp3) is 0.588. The molecule has 2 amide bonds.